The Hall–Kier alpha value is -8.39. The molecule has 0 radical (unpaired) electrons. The molecule has 1 aliphatic heterocycles. The van der Waals surface area contributed by atoms with Crippen molar-refractivity contribution in [3.63, 3.8) is 0 Å². The third-order valence-corrected chi connectivity index (χ3v) is 15.1. The number of phenolic OH excluding ortho intramolecular Hbond substituents is 1. The number of aromatic hydroxyl groups is 1. The summed E-state index contributed by atoms with van der Waals surface area (Å²) in [5, 5.41) is 28.4. The van der Waals surface area contributed by atoms with Crippen LogP contribution in [0.3, 0.4) is 0 Å². The van der Waals surface area contributed by atoms with E-state index in [0.29, 0.717) is 92.1 Å². The van der Waals surface area contributed by atoms with Gasteiger partial charge in [-0.2, -0.15) is 5.26 Å². The first-order chi connectivity index (χ1) is 39.0. The monoisotopic (exact) mass is 1130 g/mol. The molecular weight excluding hydrogens is 1060 g/mol. The number of hydrogen-bond acceptors (Lipinski definition) is 9. The maximum absolute atomic E-state index is 15.3. The fourth-order valence-electron chi connectivity index (χ4n) is 9.98. The number of urea groups is 1. The first-order valence-electron chi connectivity index (χ1n) is 27.3. The number of nitrogens with zero attached hydrogens (tertiary/aromatic N) is 6. The highest BCUT2D eigenvalue weighted by Crippen LogP contribution is 2.38. The summed E-state index contributed by atoms with van der Waals surface area (Å²) < 4.78 is 10.0. The van der Waals surface area contributed by atoms with Gasteiger partial charge in [-0.3, -0.25) is 24.1 Å². The number of ether oxygens (including phenoxy) is 1. The molecule has 4 aromatic carbocycles. The van der Waals surface area contributed by atoms with E-state index in [0.717, 1.165) is 42.5 Å². The first-order valence-corrected chi connectivity index (χ1v) is 27.7. The zero-order valence-corrected chi connectivity index (χ0v) is 49.2. The number of quaternary nitrogens is 1. The van der Waals surface area contributed by atoms with Crippen molar-refractivity contribution in [3.05, 3.63) is 153 Å². The summed E-state index contributed by atoms with van der Waals surface area (Å²) in [6, 6.07) is 29.9. The molecule has 8 N–H and O–H groups in total. The minimum absolute atomic E-state index is 0.0446. The molecule has 0 bridgehead atoms. The van der Waals surface area contributed by atoms with Crippen LogP contribution in [0.15, 0.2) is 97.1 Å². The van der Waals surface area contributed by atoms with Crippen molar-refractivity contribution in [3.8, 4) is 35.4 Å². The number of amides is 6. The second kappa shape index (κ2) is 28.3. The molecule has 2 atom stereocenters. The third kappa shape index (κ3) is 15.7. The van der Waals surface area contributed by atoms with Gasteiger partial charge in [0.2, 0.25) is 11.8 Å². The van der Waals surface area contributed by atoms with E-state index in [9.17, 15) is 29.5 Å². The number of rotatable bonds is 21. The van der Waals surface area contributed by atoms with Gasteiger partial charge in [0.15, 0.2) is 0 Å². The summed E-state index contributed by atoms with van der Waals surface area (Å²) in [4.78, 5) is 68.9. The van der Waals surface area contributed by atoms with Crippen LogP contribution in [0.4, 0.5) is 21.9 Å². The number of carbonyl (C=O) groups excluding carboxylic acids is 5. The van der Waals surface area contributed by atoms with Crippen LogP contribution in [-0.2, 0) is 54.5 Å². The molecule has 432 valence electrons. The molecule has 6 aromatic rings. The average Bonchev–Trinajstić information content (AvgIpc) is 4.14. The molecule has 0 saturated carbocycles. The fraction of sp³-hybridized carbons (Fsp3) is 0.365. The molecule has 3 heterocycles. The topological polar surface area (TPSA) is 243 Å². The number of phenols is 1. The molecule has 2 aromatic heterocycles. The highest BCUT2D eigenvalue weighted by molar-refractivity contribution is 6.31. The molecule has 0 spiro atoms. The predicted octanol–water partition coefficient (Wildman–Crippen LogP) is 8.73. The van der Waals surface area contributed by atoms with E-state index in [-0.39, 0.29) is 61.1 Å². The minimum atomic E-state index is -0.715. The van der Waals surface area contributed by atoms with Crippen molar-refractivity contribution in [2.75, 3.05) is 50.6 Å². The molecular formula is C63H77ClN11O7+. The van der Waals surface area contributed by atoms with Gasteiger partial charge in [0.25, 0.3) is 11.8 Å². The Morgan fingerprint density at radius 2 is 1.62 bits per heavy atom. The molecule has 6 amide bonds. The van der Waals surface area contributed by atoms with Crippen molar-refractivity contribution in [1.82, 2.24) is 24.7 Å². The number of fused-ring (bicyclic) bond motifs is 1. The molecule has 82 heavy (non-hydrogen) atoms. The van der Waals surface area contributed by atoms with E-state index in [1.54, 1.807) is 59.0 Å². The van der Waals surface area contributed by atoms with Gasteiger partial charge in [0.1, 0.15) is 30.7 Å². The van der Waals surface area contributed by atoms with Crippen LogP contribution >= 0.6 is 11.6 Å². The average molecular weight is 1140 g/mol. The van der Waals surface area contributed by atoms with Gasteiger partial charge in [-0.15, -0.1) is 6.42 Å². The van der Waals surface area contributed by atoms with Gasteiger partial charge in [0, 0.05) is 83.4 Å². The number of carbonyl (C=O) groups is 5. The maximum Gasteiger partial charge on any atom is 0.312 e. The summed E-state index contributed by atoms with van der Waals surface area (Å²) in [7, 11) is 7.97. The normalized spacial score (nSPS) is 13.2. The van der Waals surface area contributed by atoms with E-state index in [1.165, 1.54) is 17.7 Å². The summed E-state index contributed by atoms with van der Waals surface area (Å²) in [6.45, 7) is 12.0. The number of hydrogen-bond donors (Lipinski definition) is 6. The van der Waals surface area contributed by atoms with Crippen molar-refractivity contribution >= 4 is 58.3 Å². The van der Waals surface area contributed by atoms with Gasteiger partial charge < -0.3 is 55.8 Å². The van der Waals surface area contributed by atoms with E-state index < -0.39 is 12.1 Å². The van der Waals surface area contributed by atoms with Crippen molar-refractivity contribution in [2.45, 2.75) is 92.1 Å². The number of nitriles is 1. The van der Waals surface area contributed by atoms with Gasteiger partial charge in [0.05, 0.1) is 51.1 Å². The van der Waals surface area contributed by atoms with Gasteiger partial charge >= 0.3 is 6.03 Å². The number of nitrogens with two attached hydrogens (primary N) is 2. The Morgan fingerprint density at radius 1 is 0.915 bits per heavy atom. The fourth-order valence-corrected chi connectivity index (χ4v) is 10.2. The molecule has 19 heteroatoms. The lowest BCUT2D eigenvalue weighted by Crippen LogP contribution is -2.46. The molecule has 0 aliphatic carbocycles. The van der Waals surface area contributed by atoms with Crippen molar-refractivity contribution in [2.24, 2.45) is 31.5 Å². The highest BCUT2D eigenvalue weighted by atomic mass is 35.5. The third-order valence-electron chi connectivity index (χ3n) is 14.9. The Balaban J connectivity index is 0.00000145. The Labute approximate surface area is 486 Å². The van der Waals surface area contributed by atoms with E-state index in [2.05, 4.69) is 54.2 Å². The lowest BCUT2D eigenvalue weighted by molar-refractivity contribution is -0.903. The maximum atomic E-state index is 15.3. The molecule has 1 aliphatic rings. The Kier molecular flexibility index (Phi) is 21.7. The molecule has 7 rings (SSSR count). The predicted molar refractivity (Wildman–Crippen MR) is 321 cm³/mol. The minimum Gasteiger partial charge on any atom is -0.508 e. The van der Waals surface area contributed by atoms with Crippen LogP contribution < -0.4 is 32.3 Å². The van der Waals surface area contributed by atoms with Crippen LogP contribution in [0.5, 0.6) is 5.75 Å². The summed E-state index contributed by atoms with van der Waals surface area (Å²) >= 11 is 6.75. The van der Waals surface area contributed by atoms with Crippen LogP contribution in [0, 0.1) is 43.4 Å². The number of halogens is 1. The van der Waals surface area contributed by atoms with Gasteiger partial charge in [-0.1, -0.05) is 68.6 Å². The molecule has 18 nitrogen and oxygen atoms in total. The molecule has 2 unspecified atom stereocenters. The van der Waals surface area contributed by atoms with Crippen LogP contribution in [0.1, 0.15) is 100 Å². The van der Waals surface area contributed by atoms with Crippen molar-refractivity contribution in [1.29, 1.82) is 5.26 Å². The van der Waals surface area contributed by atoms with Gasteiger partial charge in [-0.05, 0) is 129 Å². The lowest BCUT2D eigenvalue weighted by Gasteiger charge is -2.38. The number of anilines is 3. The van der Waals surface area contributed by atoms with Crippen LogP contribution in [-0.4, -0.2) is 106 Å². The number of primary amides is 1. The SMILES string of the molecule is C#CCOCc1cc(NC(=O)CNC(=O)C(N)C(C)C)ccc1C[N+](C)(C)CCCC1Cc2ccccc2CN1C(=O)c1ccc(Cl)cc1-c1cc(C(=O)N(c2ccc(O)cc2)c2cc(C#N)n(C)c2C)c(C)n1C.CCCNC(N)=O. The van der Waals surface area contributed by atoms with E-state index in [1.807, 2.05) is 81.5 Å². The largest absolute Gasteiger partial charge is 0.508 e. The number of benzene rings is 4. The number of nitrogens with one attached hydrogen (secondary N) is 3. The Bertz CT molecular complexity index is 3370. The summed E-state index contributed by atoms with van der Waals surface area (Å²) in [5.74, 6) is 1.21. The molecule has 0 fully saturated rings. The second-order valence-electron chi connectivity index (χ2n) is 21.6. The van der Waals surface area contributed by atoms with Crippen LogP contribution in [0.2, 0.25) is 5.02 Å². The smallest absolute Gasteiger partial charge is 0.312 e. The Morgan fingerprint density at radius 3 is 2.26 bits per heavy atom. The number of aromatic nitrogens is 2. The lowest BCUT2D eigenvalue weighted by atomic mass is 9.90. The summed E-state index contributed by atoms with van der Waals surface area (Å²) in [6.07, 6.45) is 8.66. The first kappa shape index (κ1) is 62.8. The zero-order chi connectivity index (χ0) is 60.0. The van der Waals surface area contributed by atoms with Gasteiger partial charge in [-0.25, -0.2) is 4.79 Å². The van der Waals surface area contributed by atoms with Crippen molar-refractivity contribution < 1.29 is 38.3 Å². The quantitative estimate of drug-likeness (QED) is 0.0229. The zero-order valence-electron chi connectivity index (χ0n) is 48.4. The molecule has 0 saturated heterocycles. The summed E-state index contributed by atoms with van der Waals surface area (Å²) in [5.41, 5.74) is 20.2. The van der Waals surface area contributed by atoms with E-state index in [4.69, 9.17) is 34.2 Å². The second-order valence-corrected chi connectivity index (χ2v) is 22.1. The number of terminal acetylenes is 1. The standard InChI is InChI=1S/C59H66ClN9O6.C4H10N2O/c1-10-26-75-36-43-27-45(64-55(71)33-63-57(72)56(62)37(2)3)19-17-42(43)35-69(8,9)25-13-16-47-28-40-14-11-12-15-41(40)34-67(47)58(73)50-24-18-44(60)29-52(50)54-31-51(38(4)66(54)7)59(74)68(46-20-22-49(70)23-21-46)53-30-48(32-61)65(6)39(53)5;1-2-3-6-4(5)7/h1,11-12,14-15,17-24,27,29-31,37,47,56H,13,16,25-26,28,33-36,62H2,2-9H3,(H2-,63,64,70,71,72);2-3H2,1H3,(H3,5,6,7)/p+1. The van der Waals surface area contributed by atoms with Crippen LogP contribution in [0.25, 0.3) is 11.3 Å². The highest BCUT2D eigenvalue weighted by Gasteiger charge is 2.34. The van der Waals surface area contributed by atoms with E-state index >= 15 is 4.79 Å².